The Kier molecular flexibility index (Phi) is 1.64. The summed E-state index contributed by atoms with van der Waals surface area (Å²) in [4.78, 5) is 0. The molecule has 0 radical (unpaired) electrons. The number of aliphatic hydroxyl groups excluding tert-OH is 1. The van der Waals surface area contributed by atoms with Crippen LogP contribution in [0.5, 0.6) is 0 Å². The van der Waals surface area contributed by atoms with Crippen LogP contribution in [0.1, 0.15) is 32.1 Å². The first-order chi connectivity index (χ1) is 5.31. The highest BCUT2D eigenvalue weighted by atomic mass is 16.3. The molecule has 1 saturated carbocycles. The van der Waals surface area contributed by atoms with Gasteiger partial charge >= 0.3 is 0 Å². The topological polar surface area (TPSA) is 32.3 Å². The van der Waals surface area contributed by atoms with Gasteiger partial charge in [0.05, 0.1) is 6.10 Å². The van der Waals surface area contributed by atoms with Gasteiger partial charge in [-0.2, -0.15) is 0 Å². The van der Waals surface area contributed by atoms with Crippen LogP contribution in [-0.4, -0.2) is 16.7 Å². The van der Waals surface area contributed by atoms with E-state index in [-0.39, 0.29) is 6.10 Å². The zero-order chi connectivity index (χ0) is 7.73. The van der Waals surface area contributed by atoms with E-state index in [4.69, 9.17) is 0 Å². The molecule has 1 spiro atoms. The Morgan fingerprint density at radius 3 is 2.64 bits per heavy atom. The van der Waals surface area contributed by atoms with E-state index in [1.54, 1.807) is 0 Å². The van der Waals surface area contributed by atoms with E-state index in [1.807, 2.05) is 0 Å². The third kappa shape index (κ3) is 1.27. The highest BCUT2D eigenvalue weighted by Crippen LogP contribution is 2.33. The lowest BCUT2D eigenvalue weighted by Gasteiger charge is -2.36. The zero-order valence-corrected chi connectivity index (χ0v) is 6.71. The van der Waals surface area contributed by atoms with Crippen molar-refractivity contribution in [1.82, 2.24) is 5.32 Å². The predicted molar refractivity (Wildman–Crippen MR) is 44.1 cm³/mol. The van der Waals surface area contributed by atoms with Crippen LogP contribution in [0.25, 0.3) is 0 Å². The maximum absolute atomic E-state index is 9.30. The minimum atomic E-state index is -0.0389. The van der Waals surface area contributed by atoms with Crippen molar-refractivity contribution in [2.75, 3.05) is 0 Å². The molecule has 62 valence electrons. The molecule has 1 aliphatic carbocycles. The molecule has 2 N–H and O–H groups in total. The monoisotopic (exact) mass is 153 g/mol. The van der Waals surface area contributed by atoms with Gasteiger partial charge in [0.1, 0.15) is 0 Å². The molecule has 2 rings (SSSR count). The van der Waals surface area contributed by atoms with Crippen LogP contribution in [0.2, 0.25) is 0 Å². The Bertz CT molecular complexity index is 158. The second-order valence-electron chi connectivity index (χ2n) is 3.76. The Hall–Kier alpha value is -0.500. The SMILES string of the molecule is OC1CCC2(CC=CN2)CC1. The van der Waals surface area contributed by atoms with E-state index in [0.717, 1.165) is 32.1 Å². The van der Waals surface area contributed by atoms with Crippen molar-refractivity contribution in [1.29, 1.82) is 0 Å². The van der Waals surface area contributed by atoms with Crippen molar-refractivity contribution < 1.29 is 5.11 Å². The largest absolute Gasteiger partial charge is 0.393 e. The molecule has 0 amide bonds. The maximum atomic E-state index is 9.30. The smallest absolute Gasteiger partial charge is 0.0542 e. The molecule has 0 aromatic rings. The average Bonchev–Trinajstić information content (AvgIpc) is 2.45. The van der Waals surface area contributed by atoms with Crippen LogP contribution in [0.15, 0.2) is 12.3 Å². The third-order valence-electron chi connectivity index (χ3n) is 2.93. The molecule has 0 bridgehead atoms. The second kappa shape index (κ2) is 2.52. The quantitative estimate of drug-likeness (QED) is 0.547. The van der Waals surface area contributed by atoms with Gasteiger partial charge in [0.2, 0.25) is 0 Å². The van der Waals surface area contributed by atoms with E-state index in [2.05, 4.69) is 17.6 Å². The molecule has 2 heteroatoms. The van der Waals surface area contributed by atoms with Gasteiger partial charge in [0.25, 0.3) is 0 Å². The summed E-state index contributed by atoms with van der Waals surface area (Å²) in [5.41, 5.74) is 0.333. The van der Waals surface area contributed by atoms with E-state index in [9.17, 15) is 5.11 Å². The Labute approximate surface area is 67.3 Å². The minimum Gasteiger partial charge on any atom is -0.393 e. The van der Waals surface area contributed by atoms with Gasteiger partial charge in [-0.05, 0) is 38.3 Å². The van der Waals surface area contributed by atoms with Gasteiger partial charge < -0.3 is 10.4 Å². The van der Waals surface area contributed by atoms with Gasteiger partial charge in [-0.15, -0.1) is 0 Å². The summed E-state index contributed by atoms with van der Waals surface area (Å²) in [7, 11) is 0. The van der Waals surface area contributed by atoms with Gasteiger partial charge in [-0.25, -0.2) is 0 Å². The molecule has 2 nitrogen and oxygen atoms in total. The van der Waals surface area contributed by atoms with E-state index < -0.39 is 0 Å². The lowest BCUT2D eigenvalue weighted by molar-refractivity contribution is 0.0924. The van der Waals surface area contributed by atoms with Crippen molar-refractivity contribution in [2.45, 2.75) is 43.7 Å². The fraction of sp³-hybridized carbons (Fsp3) is 0.778. The lowest BCUT2D eigenvalue weighted by atomic mass is 9.79. The summed E-state index contributed by atoms with van der Waals surface area (Å²) in [6, 6.07) is 0. The molecule has 0 aromatic carbocycles. The van der Waals surface area contributed by atoms with Gasteiger partial charge in [0.15, 0.2) is 0 Å². The van der Waals surface area contributed by atoms with Crippen LogP contribution in [-0.2, 0) is 0 Å². The molecule has 0 unspecified atom stereocenters. The van der Waals surface area contributed by atoms with Crippen LogP contribution in [0.4, 0.5) is 0 Å². The molecule has 11 heavy (non-hydrogen) atoms. The van der Waals surface area contributed by atoms with Crippen LogP contribution >= 0.6 is 0 Å². The van der Waals surface area contributed by atoms with Crippen LogP contribution < -0.4 is 5.32 Å². The number of hydrogen-bond donors (Lipinski definition) is 2. The summed E-state index contributed by atoms with van der Waals surface area (Å²) in [6.07, 6.45) is 9.55. The molecule has 0 saturated heterocycles. The van der Waals surface area contributed by atoms with E-state index in [0.29, 0.717) is 5.54 Å². The highest BCUT2D eigenvalue weighted by molar-refractivity contribution is 5.07. The van der Waals surface area contributed by atoms with Crippen molar-refractivity contribution in [2.24, 2.45) is 0 Å². The van der Waals surface area contributed by atoms with E-state index >= 15 is 0 Å². The van der Waals surface area contributed by atoms with Crippen LogP contribution in [0.3, 0.4) is 0 Å². The normalized spacial score (nSPS) is 42.8. The second-order valence-corrected chi connectivity index (χ2v) is 3.76. The first-order valence-corrected chi connectivity index (χ1v) is 4.42. The first kappa shape index (κ1) is 7.17. The Balaban J connectivity index is 1.96. The molecule has 1 heterocycles. The Morgan fingerprint density at radius 1 is 1.36 bits per heavy atom. The van der Waals surface area contributed by atoms with Crippen molar-refractivity contribution in [3.05, 3.63) is 12.3 Å². The number of rotatable bonds is 0. The fourth-order valence-corrected chi connectivity index (χ4v) is 2.08. The lowest BCUT2D eigenvalue weighted by Crippen LogP contribution is -2.43. The molecule has 2 aliphatic rings. The number of aliphatic hydroxyl groups is 1. The number of hydrogen-bond acceptors (Lipinski definition) is 2. The van der Waals surface area contributed by atoms with Gasteiger partial charge in [-0.1, -0.05) is 6.08 Å². The predicted octanol–water partition coefficient (Wildman–Crippen LogP) is 1.17. The zero-order valence-electron chi connectivity index (χ0n) is 6.71. The standard InChI is InChI=1S/C9H15NO/c11-8-2-5-9(6-3-8)4-1-7-10-9/h1,7-8,10-11H,2-6H2. The molecule has 0 aromatic heterocycles. The van der Waals surface area contributed by atoms with Gasteiger partial charge in [0, 0.05) is 5.54 Å². The maximum Gasteiger partial charge on any atom is 0.0542 e. The molecular formula is C9H15NO. The summed E-state index contributed by atoms with van der Waals surface area (Å²) in [6.45, 7) is 0. The number of nitrogens with one attached hydrogen (secondary N) is 1. The minimum absolute atomic E-state index is 0.0389. The highest BCUT2D eigenvalue weighted by Gasteiger charge is 2.34. The van der Waals surface area contributed by atoms with Crippen molar-refractivity contribution >= 4 is 0 Å². The third-order valence-corrected chi connectivity index (χ3v) is 2.93. The summed E-state index contributed by atoms with van der Waals surface area (Å²) in [5.74, 6) is 0. The summed E-state index contributed by atoms with van der Waals surface area (Å²) >= 11 is 0. The van der Waals surface area contributed by atoms with Crippen molar-refractivity contribution in [3.8, 4) is 0 Å². The van der Waals surface area contributed by atoms with Crippen LogP contribution in [0, 0.1) is 0 Å². The van der Waals surface area contributed by atoms with E-state index in [1.165, 1.54) is 0 Å². The molecule has 0 atom stereocenters. The van der Waals surface area contributed by atoms with Gasteiger partial charge in [-0.3, -0.25) is 0 Å². The molecule has 1 aliphatic heterocycles. The van der Waals surface area contributed by atoms with Crippen molar-refractivity contribution in [3.63, 3.8) is 0 Å². The molecule has 1 fully saturated rings. The summed E-state index contributed by atoms with van der Waals surface area (Å²) in [5, 5.41) is 12.7. The molecular weight excluding hydrogens is 138 g/mol. The fourth-order valence-electron chi connectivity index (χ4n) is 2.08. The Morgan fingerprint density at radius 2 is 2.09 bits per heavy atom. The first-order valence-electron chi connectivity index (χ1n) is 4.42. The summed E-state index contributed by atoms with van der Waals surface area (Å²) < 4.78 is 0. The average molecular weight is 153 g/mol.